The summed E-state index contributed by atoms with van der Waals surface area (Å²) in [5.41, 5.74) is 11.1. The molecule has 8 heteroatoms. The zero-order valence-electron chi connectivity index (χ0n) is 11.8. The molecule has 1 aliphatic heterocycles. The zero-order chi connectivity index (χ0) is 15.9. The predicted molar refractivity (Wildman–Crippen MR) is 90.6 cm³/mol. The fraction of sp³-hybridized carbons (Fsp3) is 0.429. The van der Waals surface area contributed by atoms with Gasteiger partial charge < -0.3 is 11.5 Å². The second kappa shape index (κ2) is 5.64. The maximum Gasteiger partial charge on any atom is 0.220 e. The summed E-state index contributed by atoms with van der Waals surface area (Å²) >= 11 is 1.78. The quantitative estimate of drug-likeness (QED) is 0.543. The number of anilines is 1. The van der Waals surface area contributed by atoms with Crippen molar-refractivity contribution in [2.24, 2.45) is 21.5 Å². The molecule has 1 aromatic rings. The van der Waals surface area contributed by atoms with Crippen LogP contribution in [0.25, 0.3) is 0 Å². The smallest absolute Gasteiger partial charge is 0.220 e. The summed E-state index contributed by atoms with van der Waals surface area (Å²) < 4.78 is 28.5. The average Bonchev–Trinajstić information content (AvgIpc) is 2.47. The molecule has 1 aromatic carbocycles. The van der Waals surface area contributed by atoms with E-state index in [1.54, 1.807) is 22.6 Å². The normalized spacial score (nSPS) is 20.8. The van der Waals surface area contributed by atoms with Crippen LogP contribution < -0.4 is 16.4 Å². The minimum Gasteiger partial charge on any atom is -0.369 e. The Hall–Kier alpha value is -1.45. The van der Waals surface area contributed by atoms with Crippen molar-refractivity contribution in [1.82, 2.24) is 0 Å². The molecule has 2 aliphatic rings. The second-order valence-corrected chi connectivity index (χ2v) is 6.59. The topological polar surface area (TPSA) is 80.0 Å². The fourth-order valence-corrected chi connectivity index (χ4v) is 3.84. The van der Waals surface area contributed by atoms with Crippen LogP contribution in [0, 0.1) is 15.2 Å². The lowest BCUT2D eigenvalue weighted by Crippen LogP contribution is -2.58. The first kappa shape index (κ1) is 15.4. The maximum atomic E-state index is 14.4. The van der Waals surface area contributed by atoms with Gasteiger partial charge in [-0.3, -0.25) is 4.90 Å². The van der Waals surface area contributed by atoms with Crippen molar-refractivity contribution in [3.8, 4) is 0 Å². The molecule has 22 heavy (non-hydrogen) atoms. The minimum absolute atomic E-state index is 0.0526. The van der Waals surface area contributed by atoms with Gasteiger partial charge in [0, 0.05) is 0 Å². The van der Waals surface area contributed by atoms with Gasteiger partial charge in [0.25, 0.3) is 0 Å². The highest BCUT2D eigenvalue weighted by atomic mass is 127. The van der Waals surface area contributed by atoms with Crippen molar-refractivity contribution in [1.29, 1.82) is 0 Å². The van der Waals surface area contributed by atoms with Crippen molar-refractivity contribution >= 4 is 40.2 Å². The maximum absolute atomic E-state index is 14.4. The monoisotopic (exact) mass is 419 g/mol. The van der Waals surface area contributed by atoms with E-state index in [4.69, 9.17) is 11.5 Å². The summed E-state index contributed by atoms with van der Waals surface area (Å²) in [7, 11) is 0. The van der Waals surface area contributed by atoms with Gasteiger partial charge >= 0.3 is 0 Å². The molecule has 3 rings (SSSR count). The van der Waals surface area contributed by atoms with E-state index in [9.17, 15) is 8.78 Å². The highest BCUT2D eigenvalue weighted by molar-refractivity contribution is 14.1. The van der Waals surface area contributed by atoms with Crippen LogP contribution in [0.15, 0.2) is 22.1 Å². The van der Waals surface area contributed by atoms with Crippen molar-refractivity contribution in [3.05, 3.63) is 27.3 Å². The van der Waals surface area contributed by atoms with Crippen LogP contribution in [-0.2, 0) is 0 Å². The van der Waals surface area contributed by atoms with E-state index >= 15 is 0 Å². The van der Waals surface area contributed by atoms with Gasteiger partial charge in [0.1, 0.15) is 17.3 Å². The predicted octanol–water partition coefficient (Wildman–Crippen LogP) is 2.68. The van der Waals surface area contributed by atoms with Crippen LogP contribution in [0.5, 0.6) is 0 Å². The number of hydrogen-bond acceptors (Lipinski definition) is 5. The van der Waals surface area contributed by atoms with Crippen LogP contribution in [0.3, 0.4) is 0 Å². The summed E-state index contributed by atoms with van der Waals surface area (Å²) in [5, 5.41) is 0. The Kier molecular flexibility index (Phi) is 3.96. The number of halogens is 3. The molecule has 0 bridgehead atoms. The molecular formula is C14H16F2IN5. The lowest BCUT2D eigenvalue weighted by atomic mass is 9.87. The van der Waals surface area contributed by atoms with E-state index in [1.165, 1.54) is 4.90 Å². The number of benzene rings is 1. The van der Waals surface area contributed by atoms with Crippen LogP contribution in [0.2, 0.25) is 0 Å². The highest BCUT2D eigenvalue weighted by Crippen LogP contribution is 2.42. The summed E-state index contributed by atoms with van der Waals surface area (Å²) in [6.07, 6.45) is 4.28. The van der Waals surface area contributed by atoms with Gasteiger partial charge in [-0.05, 0) is 60.4 Å². The average molecular weight is 419 g/mol. The molecule has 5 nitrogen and oxygen atoms in total. The molecule has 0 atom stereocenters. The van der Waals surface area contributed by atoms with E-state index in [0.29, 0.717) is 12.8 Å². The van der Waals surface area contributed by atoms with Crippen molar-refractivity contribution < 1.29 is 8.78 Å². The standard InChI is InChI=1S/C14H16F2IN5/c15-8-4-5-9(16)11(10(8)17)22-13(19)20-12(18)21-14(22)6-2-1-3-7-14/h4-5H,1-3,6-7H2,(H4,18,19,20,21). The van der Waals surface area contributed by atoms with Crippen LogP contribution in [0.4, 0.5) is 14.5 Å². The van der Waals surface area contributed by atoms with Crippen LogP contribution >= 0.6 is 22.6 Å². The van der Waals surface area contributed by atoms with E-state index in [2.05, 4.69) is 9.98 Å². The van der Waals surface area contributed by atoms with Crippen molar-refractivity contribution in [2.75, 3.05) is 4.90 Å². The summed E-state index contributed by atoms with van der Waals surface area (Å²) in [4.78, 5) is 9.93. The summed E-state index contributed by atoms with van der Waals surface area (Å²) in [5.74, 6) is -0.915. The lowest BCUT2D eigenvalue weighted by molar-refractivity contribution is 0.303. The minimum atomic E-state index is -0.775. The summed E-state index contributed by atoms with van der Waals surface area (Å²) in [6.45, 7) is 0. The van der Waals surface area contributed by atoms with Crippen molar-refractivity contribution in [2.45, 2.75) is 37.8 Å². The van der Waals surface area contributed by atoms with E-state index in [-0.39, 0.29) is 21.2 Å². The third-order valence-electron chi connectivity index (χ3n) is 4.09. The molecule has 1 spiro atoms. The SMILES string of the molecule is NC1=NC2(CCCCC2)N(c2c(F)ccc(F)c2I)C(N)=N1. The Morgan fingerprint density at radius 3 is 2.41 bits per heavy atom. The Morgan fingerprint density at radius 1 is 1.09 bits per heavy atom. The summed E-state index contributed by atoms with van der Waals surface area (Å²) in [6, 6.07) is 2.20. The Balaban J connectivity index is 2.19. The van der Waals surface area contributed by atoms with Gasteiger partial charge in [-0.15, -0.1) is 0 Å². The van der Waals surface area contributed by atoms with Gasteiger partial charge in [-0.2, -0.15) is 4.99 Å². The number of hydrogen-bond donors (Lipinski definition) is 2. The molecule has 0 radical (unpaired) electrons. The van der Waals surface area contributed by atoms with Gasteiger partial charge in [-0.1, -0.05) is 6.42 Å². The van der Waals surface area contributed by atoms with Crippen LogP contribution in [0.1, 0.15) is 32.1 Å². The third kappa shape index (κ3) is 2.42. The molecule has 0 aromatic heterocycles. The third-order valence-corrected chi connectivity index (χ3v) is 5.12. The first-order valence-electron chi connectivity index (χ1n) is 7.08. The molecule has 118 valence electrons. The van der Waals surface area contributed by atoms with Crippen molar-refractivity contribution in [3.63, 3.8) is 0 Å². The second-order valence-electron chi connectivity index (χ2n) is 5.51. The van der Waals surface area contributed by atoms with E-state index in [0.717, 1.165) is 31.4 Å². The van der Waals surface area contributed by atoms with Gasteiger partial charge in [0.15, 0.2) is 0 Å². The van der Waals surface area contributed by atoms with Gasteiger partial charge in [0.05, 0.1) is 9.26 Å². The number of guanidine groups is 2. The Morgan fingerprint density at radius 2 is 1.73 bits per heavy atom. The first-order chi connectivity index (χ1) is 10.4. The van der Waals surface area contributed by atoms with E-state index in [1.807, 2.05) is 0 Å². The fourth-order valence-electron chi connectivity index (χ4n) is 3.17. The first-order valence-corrected chi connectivity index (χ1v) is 8.16. The van der Waals surface area contributed by atoms with Crippen LogP contribution in [-0.4, -0.2) is 17.6 Å². The molecule has 0 amide bonds. The molecule has 1 heterocycles. The Labute approximate surface area is 140 Å². The highest BCUT2D eigenvalue weighted by Gasteiger charge is 2.44. The molecule has 1 saturated carbocycles. The molecule has 0 saturated heterocycles. The number of nitrogens with two attached hydrogens (primary N) is 2. The number of aliphatic imine (C=N–C) groups is 2. The zero-order valence-corrected chi connectivity index (χ0v) is 14.0. The van der Waals surface area contributed by atoms with E-state index < -0.39 is 17.3 Å². The lowest BCUT2D eigenvalue weighted by Gasteiger charge is -2.45. The van der Waals surface area contributed by atoms with Gasteiger partial charge in [0.2, 0.25) is 11.9 Å². The molecule has 0 unspecified atom stereocenters. The molecular weight excluding hydrogens is 403 g/mol. The molecule has 4 N–H and O–H groups in total. The largest absolute Gasteiger partial charge is 0.369 e. The molecule has 1 fully saturated rings. The van der Waals surface area contributed by atoms with Gasteiger partial charge in [-0.25, -0.2) is 13.8 Å². The number of nitrogens with zero attached hydrogens (tertiary/aromatic N) is 3. The Bertz CT molecular complexity index is 667. The molecule has 1 aliphatic carbocycles. The number of rotatable bonds is 1.